The molecule has 2 aromatic rings. The van der Waals surface area contributed by atoms with Crippen molar-refractivity contribution in [3.63, 3.8) is 0 Å². The quantitative estimate of drug-likeness (QED) is 0.701. The van der Waals surface area contributed by atoms with Gasteiger partial charge in [-0.2, -0.15) is 4.98 Å². The fourth-order valence-corrected chi connectivity index (χ4v) is 4.34. The van der Waals surface area contributed by atoms with Crippen molar-refractivity contribution >= 4 is 11.9 Å². The molecule has 0 bridgehead atoms. The van der Waals surface area contributed by atoms with Crippen LogP contribution in [-0.2, 0) is 28.7 Å². The number of nitrogens with one attached hydrogen (secondary N) is 1. The first-order valence-corrected chi connectivity index (χ1v) is 10.1. The molecule has 8 heteroatoms. The molecule has 1 aliphatic heterocycles. The van der Waals surface area contributed by atoms with Crippen LogP contribution in [0.1, 0.15) is 30.4 Å². The first kappa shape index (κ1) is 19.2. The molecule has 0 saturated carbocycles. The lowest BCUT2D eigenvalue weighted by atomic mass is 9.83. The number of aryl methyl sites for hydroxylation is 2. The molecule has 1 unspecified atom stereocenters. The van der Waals surface area contributed by atoms with E-state index in [1.54, 1.807) is 4.68 Å². The van der Waals surface area contributed by atoms with Crippen LogP contribution in [0.5, 0.6) is 0 Å². The summed E-state index contributed by atoms with van der Waals surface area (Å²) in [7, 11) is 1.83. The Bertz CT molecular complexity index is 789. The number of rotatable bonds is 7. The Morgan fingerprint density at radius 3 is 2.89 bits per heavy atom. The van der Waals surface area contributed by atoms with Gasteiger partial charge in [-0.3, -0.25) is 4.90 Å². The third-order valence-electron chi connectivity index (χ3n) is 5.65. The zero-order chi connectivity index (χ0) is 19.4. The average molecular weight is 387 g/mol. The standard InChI is InChI=1S/C20H30N6O2/c1-25-19(23-18(21)24-25)22-10-5-13-28-20(26-11-14-27-15-12-26)9-4-7-16-6-2-3-8-17(16)20/h2-3,6,8H,4-5,7,9-15H2,1H3,(H3,21,22,23,24). The molecular formula is C20H30N6O2. The van der Waals surface area contributed by atoms with Gasteiger partial charge in [-0.05, 0) is 31.2 Å². The van der Waals surface area contributed by atoms with Crippen LogP contribution < -0.4 is 11.1 Å². The molecule has 28 heavy (non-hydrogen) atoms. The number of fused-ring (bicyclic) bond motifs is 1. The van der Waals surface area contributed by atoms with Crippen LogP contribution in [-0.4, -0.2) is 59.1 Å². The molecule has 1 saturated heterocycles. The second-order valence-electron chi connectivity index (χ2n) is 7.44. The highest BCUT2D eigenvalue weighted by atomic mass is 16.5. The van der Waals surface area contributed by atoms with Gasteiger partial charge >= 0.3 is 0 Å². The molecule has 1 aromatic carbocycles. The van der Waals surface area contributed by atoms with E-state index in [1.165, 1.54) is 11.1 Å². The van der Waals surface area contributed by atoms with E-state index < -0.39 is 0 Å². The molecule has 2 heterocycles. The molecule has 1 atom stereocenters. The number of aromatic nitrogens is 3. The van der Waals surface area contributed by atoms with Gasteiger partial charge < -0.3 is 20.5 Å². The van der Waals surface area contributed by atoms with Gasteiger partial charge in [-0.25, -0.2) is 4.68 Å². The summed E-state index contributed by atoms with van der Waals surface area (Å²) in [5.74, 6) is 0.967. The smallest absolute Gasteiger partial charge is 0.241 e. The number of hydrogen-bond donors (Lipinski definition) is 2. The lowest BCUT2D eigenvalue weighted by molar-refractivity contribution is -0.194. The summed E-state index contributed by atoms with van der Waals surface area (Å²) in [4.78, 5) is 6.65. The topological polar surface area (TPSA) is 90.5 Å². The van der Waals surface area contributed by atoms with Crippen LogP contribution in [0.4, 0.5) is 11.9 Å². The van der Waals surface area contributed by atoms with Gasteiger partial charge in [0.2, 0.25) is 11.9 Å². The third-order valence-corrected chi connectivity index (χ3v) is 5.65. The monoisotopic (exact) mass is 386 g/mol. The summed E-state index contributed by atoms with van der Waals surface area (Å²) < 4.78 is 13.9. The molecule has 152 valence electrons. The lowest BCUT2D eigenvalue weighted by Gasteiger charge is -2.48. The predicted molar refractivity (Wildman–Crippen MR) is 108 cm³/mol. The molecule has 0 amide bonds. The molecule has 0 spiro atoms. The molecule has 1 aromatic heterocycles. The Morgan fingerprint density at radius 1 is 1.29 bits per heavy atom. The van der Waals surface area contributed by atoms with Gasteiger partial charge in [0, 0.05) is 32.2 Å². The molecule has 1 aliphatic carbocycles. The van der Waals surface area contributed by atoms with Gasteiger partial charge in [0.05, 0.1) is 19.8 Å². The molecule has 2 aliphatic rings. The van der Waals surface area contributed by atoms with Crippen molar-refractivity contribution in [3.8, 4) is 0 Å². The van der Waals surface area contributed by atoms with Gasteiger partial charge in [0.15, 0.2) is 0 Å². The summed E-state index contributed by atoms with van der Waals surface area (Å²) in [6.07, 6.45) is 4.17. The van der Waals surface area contributed by atoms with Crippen LogP contribution in [0.3, 0.4) is 0 Å². The summed E-state index contributed by atoms with van der Waals surface area (Å²) >= 11 is 0. The van der Waals surface area contributed by atoms with Crippen molar-refractivity contribution in [2.45, 2.75) is 31.4 Å². The number of hydrogen-bond acceptors (Lipinski definition) is 7. The van der Waals surface area contributed by atoms with E-state index in [0.29, 0.717) is 12.6 Å². The fraction of sp³-hybridized carbons (Fsp3) is 0.600. The van der Waals surface area contributed by atoms with Crippen molar-refractivity contribution in [2.24, 2.45) is 7.05 Å². The van der Waals surface area contributed by atoms with Crippen LogP contribution in [0.15, 0.2) is 24.3 Å². The number of morpholine rings is 1. The summed E-state index contributed by atoms with van der Waals surface area (Å²) in [6, 6.07) is 8.74. The maximum atomic E-state index is 6.67. The summed E-state index contributed by atoms with van der Waals surface area (Å²) in [6.45, 7) is 4.78. The Morgan fingerprint density at radius 2 is 2.11 bits per heavy atom. The van der Waals surface area contributed by atoms with E-state index in [1.807, 2.05) is 7.05 Å². The lowest BCUT2D eigenvalue weighted by Crippen LogP contribution is -2.54. The Kier molecular flexibility index (Phi) is 5.79. The van der Waals surface area contributed by atoms with E-state index in [0.717, 1.165) is 58.5 Å². The SMILES string of the molecule is Cn1nc(N)nc1NCCCOC1(N2CCOCC2)CCCc2ccccc21. The highest BCUT2D eigenvalue weighted by Gasteiger charge is 2.43. The highest BCUT2D eigenvalue weighted by molar-refractivity contribution is 5.35. The largest absolute Gasteiger partial charge is 0.379 e. The predicted octanol–water partition coefficient (Wildman–Crippen LogP) is 1.74. The van der Waals surface area contributed by atoms with Crippen molar-refractivity contribution in [2.75, 3.05) is 50.5 Å². The zero-order valence-electron chi connectivity index (χ0n) is 16.6. The molecule has 4 rings (SSSR count). The highest BCUT2D eigenvalue weighted by Crippen LogP contribution is 2.41. The van der Waals surface area contributed by atoms with Crippen molar-refractivity contribution in [1.82, 2.24) is 19.7 Å². The molecule has 8 nitrogen and oxygen atoms in total. The minimum atomic E-state index is -0.339. The fourth-order valence-electron chi connectivity index (χ4n) is 4.34. The van der Waals surface area contributed by atoms with E-state index in [9.17, 15) is 0 Å². The Hall–Kier alpha value is -2.16. The van der Waals surface area contributed by atoms with Gasteiger partial charge in [-0.15, -0.1) is 5.10 Å². The second-order valence-corrected chi connectivity index (χ2v) is 7.44. The number of nitrogens with two attached hydrogens (primary N) is 1. The van der Waals surface area contributed by atoms with E-state index >= 15 is 0 Å². The van der Waals surface area contributed by atoms with Crippen LogP contribution >= 0.6 is 0 Å². The maximum absolute atomic E-state index is 6.67. The number of ether oxygens (including phenoxy) is 2. The van der Waals surface area contributed by atoms with Gasteiger partial charge in [0.1, 0.15) is 5.72 Å². The minimum Gasteiger partial charge on any atom is -0.379 e. The van der Waals surface area contributed by atoms with E-state index in [-0.39, 0.29) is 11.7 Å². The minimum absolute atomic E-state index is 0.284. The normalized spacial score (nSPS) is 22.8. The first-order chi connectivity index (χ1) is 13.7. The van der Waals surface area contributed by atoms with E-state index in [4.69, 9.17) is 15.2 Å². The van der Waals surface area contributed by atoms with Crippen LogP contribution in [0.2, 0.25) is 0 Å². The van der Waals surface area contributed by atoms with Crippen molar-refractivity contribution in [1.29, 1.82) is 0 Å². The van der Waals surface area contributed by atoms with E-state index in [2.05, 4.69) is 44.6 Å². The summed E-state index contributed by atoms with van der Waals surface area (Å²) in [5, 5.41) is 7.33. The van der Waals surface area contributed by atoms with Crippen LogP contribution in [0.25, 0.3) is 0 Å². The summed E-state index contributed by atoms with van der Waals surface area (Å²) in [5.41, 5.74) is 8.03. The average Bonchev–Trinajstić information content (AvgIpc) is 3.05. The molecule has 1 fully saturated rings. The molecule has 3 N–H and O–H groups in total. The van der Waals surface area contributed by atoms with Crippen LogP contribution in [0, 0.1) is 0 Å². The van der Waals surface area contributed by atoms with Crippen molar-refractivity contribution < 1.29 is 9.47 Å². The third kappa shape index (κ3) is 3.85. The first-order valence-electron chi connectivity index (χ1n) is 10.1. The van der Waals surface area contributed by atoms with Gasteiger partial charge in [-0.1, -0.05) is 24.3 Å². The second kappa shape index (κ2) is 8.46. The number of nitrogens with zero attached hydrogens (tertiary/aromatic N) is 4. The maximum Gasteiger partial charge on any atom is 0.241 e. The van der Waals surface area contributed by atoms with Gasteiger partial charge in [0.25, 0.3) is 0 Å². The number of nitrogen functional groups attached to an aromatic ring is 1. The number of anilines is 2. The zero-order valence-corrected chi connectivity index (χ0v) is 16.6. The molecular weight excluding hydrogens is 356 g/mol. The van der Waals surface area contributed by atoms with Crippen molar-refractivity contribution in [3.05, 3.63) is 35.4 Å². The Labute approximate surface area is 166 Å². The Balaban J connectivity index is 1.43. The molecule has 0 radical (unpaired) electrons. The number of benzene rings is 1.